The Kier molecular flexibility index (Phi) is 4.39. The SMILES string of the molecule is Cc1nc(CN(C(=O)CCl)c2c(C)cccc2C)n[nH]1. The zero-order chi connectivity index (χ0) is 14.7. The van der Waals surface area contributed by atoms with Crippen LogP contribution in [0, 0.1) is 20.8 Å². The van der Waals surface area contributed by atoms with E-state index in [-0.39, 0.29) is 11.8 Å². The van der Waals surface area contributed by atoms with Crippen LogP contribution < -0.4 is 4.90 Å². The average molecular weight is 293 g/mol. The van der Waals surface area contributed by atoms with Crippen molar-refractivity contribution in [2.75, 3.05) is 10.8 Å². The molecule has 1 amide bonds. The summed E-state index contributed by atoms with van der Waals surface area (Å²) >= 11 is 5.73. The third-order valence-electron chi connectivity index (χ3n) is 3.07. The van der Waals surface area contributed by atoms with E-state index in [0.29, 0.717) is 12.4 Å². The molecule has 0 radical (unpaired) electrons. The number of alkyl halides is 1. The molecule has 0 saturated heterocycles. The van der Waals surface area contributed by atoms with Gasteiger partial charge >= 0.3 is 0 Å². The van der Waals surface area contributed by atoms with E-state index >= 15 is 0 Å². The van der Waals surface area contributed by atoms with Gasteiger partial charge < -0.3 is 4.90 Å². The number of para-hydroxylation sites is 1. The Labute approximate surface area is 123 Å². The zero-order valence-corrected chi connectivity index (χ0v) is 12.5. The summed E-state index contributed by atoms with van der Waals surface area (Å²) < 4.78 is 0. The van der Waals surface area contributed by atoms with Gasteiger partial charge in [-0.15, -0.1) is 11.6 Å². The molecule has 0 atom stereocenters. The predicted octanol–water partition coefficient (Wildman–Crippen LogP) is 2.50. The van der Waals surface area contributed by atoms with Crippen LogP contribution in [0.3, 0.4) is 0 Å². The molecule has 0 aliphatic carbocycles. The highest BCUT2D eigenvalue weighted by atomic mass is 35.5. The second kappa shape index (κ2) is 6.05. The minimum absolute atomic E-state index is 0.0722. The third-order valence-corrected chi connectivity index (χ3v) is 3.30. The van der Waals surface area contributed by atoms with Gasteiger partial charge in [0.2, 0.25) is 5.91 Å². The molecule has 0 bridgehead atoms. The Bertz CT molecular complexity index is 603. The van der Waals surface area contributed by atoms with Crippen LogP contribution in [-0.2, 0) is 11.3 Å². The molecule has 2 aromatic rings. The number of H-pyrrole nitrogens is 1. The third kappa shape index (κ3) is 2.99. The molecule has 0 aliphatic heterocycles. The van der Waals surface area contributed by atoms with E-state index < -0.39 is 0 Å². The van der Waals surface area contributed by atoms with Crippen molar-refractivity contribution >= 4 is 23.2 Å². The molecule has 0 fully saturated rings. The number of anilines is 1. The van der Waals surface area contributed by atoms with Crippen LogP contribution in [0.2, 0.25) is 0 Å². The number of aryl methyl sites for hydroxylation is 3. The van der Waals surface area contributed by atoms with E-state index in [1.165, 1.54) is 0 Å². The monoisotopic (exact) mass is 292 g/mol. The van der Waals surface area contributed by atoms with Gasteiger partial charge in [0.1, 0.15) is 11.7 Å². The highest BCUT2D eigenvalue weighted by Gasteiger charge is 2.20. The van der Waals surface area contributed by atoms with Crippen LogP contribution in [-0.4, -0.2) is 27.0 Å². The molecule has 0 saturated carbocycles. The summed E-state index contributed by atoms with van der Waals surface area (Å²) in [5.41, 5.74) is 2.92. The largest absolute Gasteiger partial charge is 0.303 e. The van der Waals surface area contributed by atoms with E-state index in [4.69, 9.17) is 11.6 Å². The van der Waals surface area contributed by atoms with Gasteiger partial charge in [-0.1, -0.05) is 18.2 Å². The first-order valence-corrected chi connectivity index (χ1v) is 6.86. The van der Waals surface area contributed by atoms with Crippen LogP contribution in [0.4, 0.5) is 5.69 Å². The molecule has 0 aliphatic rings. The number of nitrogens with one attached hydrogen (secondary N) is 1. The van der Waals surface area contributed by atoms with Crippen LogP contribution >= 0.6 is 11.6 Å². The molecule has 1 aromatic heterocycles. The van der Waals surface area contributed by atoms with E-state index in [2.05, 4.69) is 15.2 Å². The van der Waals surface area contributed by atoms with Gasteiger partial charge in [-0.05, 0) is 31.9 Å². The second-order valence-corrected chi connectivity index (χ2v) is 4.96. The maximum Gasteiger partial charge on any atom is 0.242 e. The molecular weight excluding hydrogens is 276 g/mol. The minimum Gasteiger partial charge on any atom is -0.303 e. The van der Waals surface area contributed by atoms with Crippen molar-refractivity contribution in [3.63, 3.8) is 0 Å². The van der Waals surface area contributed by atoms with Gasteiger partial charge in [0.05, 0.1) is 6.54 Å². The highest BCUT2D eigenvalue weighted by molar-refractivity contribution is 6.29. The van der Waals surface area contributed by atoms with E-state index in [0.717, 1.165) is 22.6 Å². The summed E-state index contributed by atoms with van der Waals surface area (Å²) in [5, 5.41) is 6.86. The molecular formula is C14H17ClN4O. The molecule has 106 valence electrons. The molecule has 1 N–H and O–H groups in total. The molecule has 5 nitrogen and oxygen atoms in total. The lowest BCUT2D eigenvalue weighted by Gasteiger charge is -2.24. The summed E-state index contributed by atoms with van der Waals surface area (Å²) in [6, 6.07) is 5.91. The normalized spacial score (nSPS) is 10.6. The number of benzene rings is 1. The van der Waals surface area contributed by atoms with Gasteiger partial charge in [0.15, 0.2) is 5.82 Å². The van der Waals surface area contributed by atoms with Crippen molar-refractivity contribution < 1.29 is 4.79 Å². The van der Waals surface area contributed by atoms with Crippen molar-refractivity contribution in [1.29, 1.82) is 0 Å². The number of halogens is 1. The molecule has 0 spiro atoms. The van der Waals surface area contributed by atoms with E-state index in [1.807, 2.05) is 39.0 Å². The molecule has 2 rings (SSSR count). The lowest BCUT2D eigenvalue weighted by Crippen LogP contribution is -2.33. The van der Waals surface area contributed by atoms with Gasteiger partial charge in [-0.25, -0.2) is 4.98 Å². The van der Waals surface area contributed by atoms with Gasteiger partial charge in [-0.2, -0.15) is 5.10 Å². The molecule has 20 heavy (non-hydrogen) atoms. The first-order chi connectivity index (χ1) is 9.52. The summed E-state index contributed by atoms with van der Waals surface area (Å²) in [6.45, 7) is 6.07. The van der Waals surface area contributed by atoms with Crippen LogP contribution in [0.1, 0.15) is 22.8 Å². The fourth-order valence-corrected chi connectivity index (χ4v) is 2.34. The van der Waals surface area contributed by atoms with Crippen molar-refractivity contribution in [1.82, 2.24) is 15.2 Å². The van der Waals surface area contributed by atoms with Crippen LogP contribution in [0.25, 0.3) is 0 Å². The molecule has 1 aromatic carbocycles. The van der Waals surface area contributed by atoms with Gasteiger partial charge in [-0.3, -0.25) is 9.89 Å². The number of hydrogen-bond acceptors (Lipinski definition) is 3. The smallest absolute Gasteiger partial charge is 0.242 e. The molecule has 0 unspecified atom stereocenters. The van der Waals surface area contributed by atoms with Crippen molar-refractivity contribution in [3.05, 3.63) is 41.0 Å². The highest BCUT2D eigenvalue weighted by Crippen LogP contribution is 2.26. The number of aromatic amines is 1. The summed E-state index contributed by atoms with van der Waals surface area (Å²) in [4.78, 5) is 18.0. The Morgan fingerprint density at radius 3 is 2.45 bits per heavy atom. The standard InChI is InChI=1S/C14H17ClN4O/c1-9-5-4-6-10(2)14(9)19(13(20)7-15)8-12-16-11(3)17-18-12/h4-6H,7-8H2,1-3H3,(H,16,17,18). The average Bonchev–Trinajstić information content (AvgIpc) is 2.82. The Morgan fingerprint density at radius 1 is 1.30 bits per heavy atom. The number of rotatable bonds is 4. The lowest BCUT2D eigenvalue weighted by atomic mass is 10.1. The van der Waals surface area contributed by atoms with Crippen molar-refractivity contribution in [2.45, 2.75) is 27.3 Å². The van der Waals surface area contributed by atoms with Crippen molar-refractivity contribution in [2.24, 2.45) is 0 Å². The quantitative estimate of drug-likeness (QED) is 0.881. The fourth-order valence-electron chi connectivity index (χ4n) is 2.20. The number of amides is 1. The first kappa shape index (κ1) is 14.5. The topological polar surface area (TPSA) is 61.9 Å². The first-order valence-electron chi connectivity index (χ1n) is 6.33. The summed E-state index contributed by atoms with van der Waals surface area (Å²) in [5.74, 6) is 1.06. The maximum atomic E-state index is 12.2. The van der Waals surface area contributed by atoms with Gasteiger partial charge in [0.25, 0.3) is 0 Å². The summed E-state index contributed by atoms with van der Waals surface area (Å²) in [7, 11) is 0. The number of carbonyl (C=O) groups is 1. The van der Waals surface area contributed by atoms with Gasteiger partial charge in [0, 0.05) is 5.69 Å². The minimum atomic E-state index is -0.161. The van der Waals surface area contributed by atoms with Crippen molar-refractivity contribution in [3.8, 4) is 0 Å². The Balaban J connectivity index is 2.40. The van der Waals surface area contributed by atoms with Crippen LogP contribution in [0.5, 0.6) is 0 Å². The Hall–Kier alpha value is -1.88. The van der Waals surface area contributed by atoms with Crippen LogP contribution in [0.15, 0.2) is 18.2 Å². The lowest BCUT2D eigenvalue weighted by molar-refractivity contribution is -0.116. The van der Waals surface area contributed by atoms with E-state index in [1.54, 1.807) is 4.90 Å². The zero-order valence-electron chi connectivity index (χ0n) is 11.8. The predicted molar refractivity (Wildman–Crippen MR) is 78.9 cm³/mol. The number of nitrogens with zero attached hydrogens (tertiary/aromatic N) is 3. The number of hydrogen-bond donors (Lipinski definition) is 1. The fraction of sp³-hybridized carbons (Fsp3) is 0.357. The number of aromatic nitrogens is 3. The number of carbonyl (C=O) groups excluding carboxylic acids is 1. The molecule has 1 heterocycles. The maximum absolute atomic E-state index is 12.2. The second-order valence-electron chi connectivity index (χ2n) is 4.69. The molecule has 6 heteroatoms. The summed E-state index contributed by atoms with van der Waals surface area (Å²) in [6.07, 6.45) is 0. The Morgan fingerprint density at radius 2 is 1.95 bits per heavy atom. The van der Waals surface area contributed by atoms with E-state index in [9.17, 15) is 4.79 Å².